The highest BCUT2D eigenvalue weighted by Gasteiger charge is 2.20. The third-order valence-electron chi connectivity index (χ3n) is 2.10. The first-order valence-electron chi connectivity index (χ1n) is 3.81. The van der Waals surface area contributed by atoms with E-state index in [4.69, 9.17) is 11.6 Å². The Morgan fingerprint density at radius 3 is 2.64 bits per heavy atom. The molecule has 0 spiro atoms. The van der Waals surface area contributed by atoms with Crippen molar-refractivity contribution in [3.05, 3.63) is 10.6 Å². The zero-order valence-corrected chi connectivity index (χ0v) is 9.37. The van der Waals surface area contributed by atoms with Crippen molar-refractivity contribution in [2.75, 3.05) is 0 Å². The van der Waals surface area contributed by atoms with E-state index in [1.165, 1.54) is 0 Å². The first kappa shape index (κ1) is 8.46. The molecule has 0 fully saturated rings. The van der Waals surface area contributed by atoms with Crippen LogP contribution in [0.15, 0.2) is 8.73 Å². The van der Waals surface area contributed by atoms with E-state index in [9.17, 15) is 0 Å². The SMILES string of the molecule is Cc1c2c(c(Cl)c3nsnc13)N=S=N2. The topological polar surface area (TPSA) is 50.5 Å². The van der Waals surface area contributed by atoms with Gasteiger partial charge in [-0.2, -0.15) is 17.5 Å². The molecule has 0 atom stereocenters. The van der Waals surface area contributed by atoms with Gasteiger partial charge in [-0.1, -0.05) is 11.6 Å². The molecular weight excluding hydrogens is 240 g/mol. The van der Waals surface area contributed by atoms with Crippen LogP contribution in [0, 0.1) is 6.92 Å². The van der Waals surface area contributed by atoms with E-state index in [0.29, 0.717) is 5.02 Å². The predicted molar refractivity (Wildman–Crippen MR) is 58.7 cm³/mol. The molecule has 0 amide bonds. The monoisotopic (exact) mass is 242 g/mol. The molecular formula is C7H3ClN4S2. The molecule has 0 bridgehead atoms. The number of halogens is 1. The van der Waals surface area contributed by atoms with Crippen molar-refractivity contribution in [2.24, 2.45) is 8.73 Å². The van der Waals surface area contributed by atoms with Crippen molar-refractivity contribution in [1.29, 1.82) is 0 Å². The van der Waals surface area contributed by atoms with Gasteiger partial charge in [-0.15, -0.1) is 0 Å². The highest BCUT2D eigenvalue weighted by molar-refractivity contribution is 7.58. The van der Waals surface area contributed by atoms with Gasteiger partial charge < -0.3 is 0 Å². The number of benzene rings is 1. The molecule has 0 aliphatic carbocycles. The summed E-state index contributed by atoms with van der Waals surface area (Å²) >= 11 is 8.45. The lowest BCUT2D eigenvalue weighted by Gasteiger charge is -2.01. The van der Waals surface area contributed by atoms with E-state index >= 15 is 0 Å². The molecule has 4 nitrogen and oxygen atoms in total. The van der Waals surface area contributed by atoms with Crippen LogP contribution in [0.4, 0.5) is 11.4 Å². The summed E-state index contributed by atoms with van der Waals surface area (Å²) in [4.78, 5) is 0. The molecule has 1 aliphatic heterocycles. The highest BCUT2D eigenvalue weighted by atomic mass is 35.5. The molecule has 2 heterocycles. The Labute approximate surface area is 92.1 Å². The van der Waals surface area contributed by atoms with E-state index in [0.717, 1.165) is 51.1 Å². The van der Waals surface area contributed by atoms with Gasteiger partial charge in [-0.3, -0.25) is 0 Å². The number of rotatable bonds is 0. The number of hydrogen-bond acceptors (Lipinski definition) is 5. The maximum absolute atomic E-state index is 6.14. The van der Waals surface area contributed by atoms with Crippen molar-refractivity contribution < 1.29 is 0 Å². The van der Waals surface area contributed by atoms with Gasteiger partial charge >= 0.3 is 0 Å². The highest BCUT2D eigenvalue weighted by Crippen LogP contribution is 2.45. The summed E-state index contributed by atoms with van der Waals surface area (Å²) in [6, 6.07) is 0. The lowest BCUT2D eigenvalue weighted by Crippen LogP contribution is -1.80. The van der Waals surface area contributed by atoms with Crippen LogP contribution in [0.1, 0.15) is 5.56 Å². The largest absolute Gasteiger partial charge is 0.173 e. The second kappa shape index (κ2) is 2.82. The maximum atomic E-state index is 6.14. The Hall–Kier alpha value is -0.850. The van der Waals surface area contributed by atoms with Gasteiger partial charge in [0.1, 0.15) is 22.4 Å². The van der Waals surface area contributed by atoms with Gasteiger partial charge in [0.15, 0.2) is 0 Å². The van der Waals surface area contributed by atoms with Gasteiger partial charge in [0, 0.05) is 5.56 Å². The van der Waals surface area contributed by atoms with E-state index in [-0.39, 0.29) is 0 Å². The zero-order chi connectivity index (χ0) is 9.71. The molecule has 14 heavy (non-hydrogen) atoms. The van der Waals surface area contributed by atoms with Gasteiger partial charge in [-0.05, 0) is 6.92 Å². The summed E-state index contributed by atoms with van der Waals surface area (Å²) in [6.45, 7) is 1.96. The van der Waals surface area contributed by atoms with E-state index in [2.05, 4.69) is 17.5 Å². The summed E-state index contributed by atoms with van der Waals surface area (Å²) in [5.74, 6) is 0. The molecule has 1 aliphatic rings. The van der Waals surface area contributed by atoms with E-state index < -0.39 is 0 Å². The molecule has 0 saturated heterocycles. The van der Waals surface area contributed by atoms with E-state index in [1.54, 1.807) is 0 Å². The Morgan fingerprint density at radius 2 is 1.79 bits per heavy atom. The molecule has 1 aromatic heterocycles. The number of hydrogen-bond donors (Lipinski definition) is 0. The third kappa shape index (κ3) is 0.930. The molecule has 0 radical (unpaired) electrons. The fourth-order valence-electron chi connectivity index (χ4n) is 1.38. The van der Waals surface area contributed by atoms with Crippen LogP contribution in [-0.4, -0.2) is 8.75 Å². The van der Waals surface area contributed by atoms with Crippen LogP contribution in [0.25, 0.3) is 11.0 Å². The second-order valence-electron chi connectivity index (χ2n) is 2.86. The summed E-state index contributed by atoms with van der Waals surface area (Å²) in [5, 5.41) is 0.558. The number of aryl methyl sites for hydroxylation is 1. The van der Waals surface area contributed by atoms with Crippen LogP contribution in [0.2, 0.25) is 5.02 Å². The molecule has 2 aromatic rings. The third-order valence-corrected chi connectivity index (χ3v) is 3.52. The van der Waals surface area contributed by atoms with Crippen LogP contribution < -0.4 is 0 Å². The van der Waals surface area contributed by atoms with Gasteiger partial charge in [-0.25, -0.2) is 0 Å². The van der Waals surface area contributed by atoms with Crippen LogP contribution in [0.3, 0.4) is 0 Å². The van der Waals surface area contributed by atoms with Crippen LogP contribution in [0.5, 0.6) is 0 Å². The second-order valence-corrected chi connectivity index (χ2v) is 4.30. The Kier molecular flexibility index (Phi) is 1.70. The molecule has 0 saturated carbocycles. The normalized spacial score (nSPS) is 13.3. The van der Waals surface area contributed by atoms with Crippen LogP contribution >= 0.6 is 23.3 Å². The number of aromatic nitrogens is 2. The molecule has 3 rings (SSSR count). The molecule has 7 heteroatoms. The standard InChI is InChI=1S/C7H3ClN4S2/c1-2-4-6(11-13-9-4)3(8)7-5(2)10-14-12-7/h1H3. The van der Waals surface area contributed by atoms with Crippen LogP contribution in [-0.2, 0) is 11.4 Å². The van der Waals surface area contributed by atoms with Crippen molar-refractivity contribution in [2.45, 2.75) is 6.92 Å². The Balaban J connectivity index is 2.59. The summed E-state index contributed by atoms with van der Waals surface area (Å²) in [5.41, 5.74) is 4.13. The zero-order valence-electron chi connectivity index (χ0n) is 6.98. The van der Waals surface area contributed by atoms with Crippen molar-refractivity contribution in [3.8, 4) is 0 Å². The Bertz CT molecular complexity index is 564. The van der Waals surface area contributed by atoms with Gasteiger partial charge in [0.05, 0.1) is 28.1 Å². The molecule has 0 unspecified atom stereocenters. The quantitative estimate of drug-likeness (QED) is 0.607. The maximum Gasteiger partial charge on any atom is 0.126 e. The lowest BCUT2D eigenvalue weighted by atomic mass is 10.1. The smallest absolute Gasteiger partial charge is 0.126 e. The van der Waals surface area contributed by atoms with Crippen molar-refractivity contribution in [1.82, 2.24) is 8.75 Å². The van der Waals surface area contributed by atoms with Gasteiger partial charge in [0.2, 0.25) is 0 Å². The fourth-order valence-corrected chi connectivity index (χ4v) is 2.96. The summed E-state index contributed by atoms with van der Waals surface area (Å²) in [7, 11) is 0. The lowest BCUT2D eigenvalue weighted by molar-refractivity contribution is 1.43. The average molecular weight is 243 g/mol. The van der Waals surface area contributed by atoms with Crippen molar-refractivity contribution in [3.63, 3.8) is 0 Å². The first-order valence-corrected chi connectivity index (χ1v) is 5.65. The minimum atomic E-state index is 0.558. The first-order chi connectivity index (χ1) is 6.79. The van der Waals surface area contributed by atoms with Gasteiger partial charge in [0.25, 0.3) is 0 Å². The van der Waals surface area contributed by atoms with Crippen molar-refractivity contribution >= 4 is 57.1 Å². The number of fused-ring (bicyclic) bond motifs is 2. The summed E-state index contributed by atoms with van der Waals surface area (Å²) in [6.07, 6.45) is 0. The fraction of sp³-hybridized carbons (Fsp3) is 0.143. The average Bonchev–Trinajstić information content (AvgIpc) is 2.82. The summed E-state index contributed by atoms with van der Waals surface area (Å²) < 4.78 is 16.7. The molecule has 1 aromatic carbocycles. The Morgan fingerprint density at radius 1 is 1.07 bits per heavy atom. The molecule has 0 N–H and O–H groups in total. The molecule has 70 valence electrons. The van der Waals surface area contributed by atoms with E-state index in [1.807, 2.05) is 6.92 Å². The minimum absolute atomic E-state index is 0.558. The minimum Gasteiger partial charge on any atom is -0.173 e. The number of nitrogens with zero attached hydrogens (tertiary/aromatic N) is 4. The predicted octanol–water partition coefficient (Wildman–Crippen LogP) is 3.38.